The highest BCUT2D eigenvalue weighted by Crippen LogP contribution is 2.07. The molecule has 4 heteroatoms. The van der Waals surface area contributed by atoms with Crippen LogP contribution >= 0.6 is 0 Å². The maximum absolute atomic E-state index is 10.8. The summed E-state index contributed by atoms with van der Waals surface area (Å²) in [4.78, 5) is 14.7. The van der Waals surface area contributed by atoms with Crippen molar-refractivity contribution >= 4 is 11.8 Å². The van der Waals surface area contributed by atoms with Crippen LogP contribution in [0.4, 0.5) is 5.82 Å². The van der Waals surface area contributed by atoms with Gasteiger partial charge in [0.05, 0.1) is 7.11 Å². The van der Waals surface area contributed by atoms with E-state index in [1.165, 1.54) is 7.11 Å². The Bertz CT molecular complexity index is 430. The molecule has 0 aliphatic rings. The number of carbonyl (C=O) groups excluding carboxylic acids is 1. The monoisotopic (exact) mass is 204 g/mol. The Morgan fingerprint density at radius 2 is 2.40 bits per heavy atom. The first-order chi connectivity index (χ1) is 7.13. The largest absolute Gasteiger partial charge is 0.468 e. The molecule has 1 heterocycles. The fourth-order valence-corrected chi connectivity index (χ4v) is 0.944. The molecule has 1 rings (SSSR count). The van der Waals surface area contributed by atoms with Crippen LogP contribution in [0.25, 0.3) is 0 Å². The van der Waals surface area contributed by atoms with Crippen molar-refractivity contribution in [3.05, 3.63) is 23.4 Å². The number of esters is 1. The predicted molar refractivity (Wildman–Crippen MR) is 56.9 cm³/mol. The molecule has 0 saturated carbocycles. The molecule has 0 unspecified atom stereocenters. The number of nitrogens with zero attached hydrogens (tertiary/aromatic N) is 1. The number of ether oxygens (including phenoxy) is 1. The minimum atomic E-state index is -0.345. The van der Waals surface area contributed by atoms with E-state index in [-0.39, 0.29) is 12.4 Å². The third-order valence-electron chi connectivity index (χ3n) is 1.81. The van der Waals surface area contributed by atoms with E-state index < -0.39 is 0 Å². The van der Waals surface area contributed by atoms with Gasteiger partial charge in [-0.3, -0.25) is 4.79 Å². The molecular formula is C11H12N2O2. The first-order valence-corrected chi connectivity index (χ1v) is 4.41. The van der Waals surface area contributed by atoms with Crippen LogP contribution < -0.4 is 5.73 Å². The first-order valence-electron chi connectivity index (χ1n) is 4.41. The molecule has 0 amide bonds. The van der Waals surface area contributed by atoms with E-state index in [2.05, 4.69) is 21.6 Å². The normalized spacial score (nSPS) is 8.93. The fourth-order valence-electron chi connectivity index (χ4n) is 0.944. The summed E-state index contributed by atoms with van der Waals surface area (Å²) >= 11 is 0. The summed E-state index contributed by atoms with van der Waals surface area (Å²) < 4.78 is 4.45. The zero-order valence-electron chi connectivity index (χ0n) is 8.70. The molecule has 0 spiro atoms. The minimum Gasteiger partial charge on any atom is -0.468 e. The topological polar surface area (TPSA) is 65.2 Å². The van der Waals surface area contributed by atoms with E-state index >= 15 is 0 Å². The number of nitrogens with two attached hydrogens (primary N) is 1. The van der Waals surface area contributed by atoms with E-state index in [4.69, 9.17) is 5.73 Å². The van der Waals surface area contributed by atoms with Gasteiger partial charge in [-0.15, -0.1) is 0 Å². The van der Waals surface area contributed by atoms with Crippen molar-refractivity contribution in [1.29, 1.82) is 0 Å². The number of anilines is 1. The standard InChI is InChI=1S/C11H12N2O2/c1-8-6-9(7-13-11(8)12)4-3-5-10(14)15-2/h6-7H,5H2,1-2H3,(H2,12,13). The second-order valence-electron chi connectivity index (χ2n) is 2.98. The van der Waals surface area contributed by atoms with Gasteiger partial charge >= 0.3 is 5.97 Å². The summed E-state index contributed by atoms with van der Waals surface area (Å²) in [7, 11) is 1.33. The molecule has 0 atom stereocenters. The third kappa shape index (κ3) is 3.31. The number of rotatable bonds is 1. The molecule has 0 saturated heterocycles. The van der Waals surface area contributed by atoms with Crippen molar-refractivity contribution in [3.63, 3.8) is 0 Å². The molecule has 0 fully saturated rings. The average molecular weight is 204 g/mol. The molecule has 1 aromatic heterocycles. The molecule has 1 aromatic rings. The third-order valence-corrected chi connectivity index (χ3v) is 1.81. The highest BCUT2D eigenvalue weighted by molar-refractivity contribution is 5.72. The van der Waals surface area contributed by atoms with Gasteiger partial charge in [0.15, 0.2) is 0 Å². The summed E-state index contributed by atoms with van der Waals surface area (Å²) in [6, 6.07) is 1.83. The molecule has 0 radical (unpaired) electrons. The Balaban J connectivity index is 2.72. The molecule has 78 valence electrons. The Morgan fingerprint density at radius 3 is 3.00 bits per heavy atom. The van der Waals surface area contributed by atoms with Gasteiger partial charge in [-0.2, -0.15) is 0 Å². The van der Waals surface area contributed by atoms with Crippen LogP contribution in [0.2, 0.25) is 0 Å². The van der Waals surface area contributed by atoms with Crippen molar-refractivity contribution in [2.75, 3.05) is 12.8 Å². The summed E-state index contributed by atoms with van der Waals surface area (Å²) in [6.07, 6.45) is 1.66. The lowest BCUT2D eigenvalue weighted by Crippen LogP contribution is -1.97. The smallest absolute Gasteiger partial charge is 0.317 e. The van der Waals surface area contributed by atoms with Crippen molar-refractivity contribution in [1.82, 2.24) is 4.98 Å². The fraction of sp³-hybridized carbons (Fsp3) is 0.273. The lowest BCUT2D eigenvalue weighted by Gasteiger charge is -1.97. The van der Waals surface area contributed by atoms with E-state index in [0.717, 1.165) is 11.1 Å². The molecular weight excluding hydrogens is 192 g/mol. The number of hydrogen-bond acceptors (Lipinski definition) is 4. The quantitative estimate of drug-likeness (QED) is 0.545. The van der Waals surface area contributed by atoms with Gasteiger partial charge in [-0.25, -0.2) is 4.98 Å². The van der Waals surface area contributed by atoms with E-state index in [0.29, 0.717) is 5.82 Å². The summed E-state index contributed by atoms with van der Waals surface area (Å²) in [5.74, 6) is 5.65. The molecule has 0 aromatic carbocycles. The van der Waals surface area contributed by atoms with Gasteiger partial charge in [0.25, 0.3) is 0 Å². The van der Waals surface area contributed by atoms with Crippen LogP contribution in [0, 0.1) is 18.8 Å². The lowest BCUT2D eigenvalue weighted by molar-refractivity contribution is -0.139. The number of pyridine rings is 1. The van der Waals surface area contributed by atoms with Crippen LogP contribution in [0.3, 0.4) is 0 Å². The lowest BCUT2D eigenvalue weighted by atomic mass is 10.2. The molecule has 0 aliphatic carbocycles. The van der Waals surface area contributed by atoms with Gasteiger partial charge in [-0.05, 0) is 18.6 Å². The summed E-state index contributed by atoms with van der Waals surface area (Å²) in [5, 5.41) is 0. The Kier molecular flexibility index (Phi) is 3.69. The Morgan fingerprint density at radius 1 is 1.67 bits per heavy atom. The SMILES string of the molecule is COC(=O)CC#Cc1cnc(N)c(C)c1. The minimum absolute atomic E-state index is 0.0833. The molecule has 0 aliphatic heterocycles. The number of nitrogen functional groups attached to an aromatic ring is 1. The summed E-state index contributed by atoms with van der Waals surface area (Å²) in [5.41, 5.74) is 7.17. The summed E-state index contributed by atoms with van der Waals surface area (Å²) in [6.45, 7) is 1.85. The molecule has 15 heavy (non-hydrogen) atoms. The Labute approximate surface area is 88.5 Å². The number of methoxy groups -OCH3 is 1. The van der Waals surface area contributed by atoms with Gasteiger partial charge in [0, 0.05) is 11.8 Å². The van der Waals surface area contributed by atoms with Crippen LogP contribution in [-0.2, 0) is 9.53 Å². The molecule has 0 bridgehead atoms. The predicted octanol–water partition coefficient (Wildman–Crippen LogP) is 0.887. The van der Waals surface area contributed by atoms with Crippen molar-refractivity contribution in [3.8, 4) is 11.8 Å². The number of aromatic nitrogens is 1. The maximum atomic E-state index is 10.8. The Hall–Kier alpha value is -2.02. The van der Waals surface area contributed by atoms with Gasteiger partial charge in [0.1, 0.15) is 12.2 Å². The van der Waals surface area contributed by atoms with E-state index in [1.54, 1.807) is 6.20 Å². The van der Waals surface area contributed by atoms with Crippen LogP contribution in [0.1, 0.15) is 17.5 Å². The van der Waals surface area contributed by atoms with Crippen molar-refractivity contribution in [2.45, 2.75) is 13.3 Å². The van der Waals surface area contributed by atoms with Gasteiger partial charge in [-0.1, -0.05) is 11.8 Å². The maximum Gasteiger partial charge on any atom is 0.317 e. The van der Waals surface area contributed by atoms with Crippen LogP contribution in [-0.4, -0.2) is 18.1 Å². The van der Waals surface area contributed by atoms with E-state index in [1.807, 2.05) is 13.0 Å². The highest BCUT2D eigenvalue weighted by atomic mass is 16.5. The van der Waals surface area contributed by atoms with Crippen LogP contribution in [0.15, 0.2) is 12.3 Å². The zero-order valence-corrected chi connectivity index (χ0v) is 8.70. The first kappa shape index (κ1) is 11.1. The van der Waals surface area contributed by atoms with Crippen LogP contribution in [0.5, 0.6) is 0 Å². The van der Waals surface area contributed by atoms with Crippen molar-refractivity contribution in [2.24, 2.45) is 0 Å². The number of carbonyl (C=O) groups is 1. The second kappa shape index (κ2) is 5.01. The number of aryl methyl sites for hydroxylation is 1. The van der Waals surface area contributed by atoms with Gasteiger partial charge < -0.3 is 10.5 Å². The highest BCUT2D eigenvalue weighted by Gasteiger charge is 1.96. The molecule has 2 N–H and O–H groups in total. The van der Waals surface area contributed by atoms with Gasteiger partial charge in [0.2, 0.25) is 0 Å². The molecule has 4 nitrogen and oxygen atoms in total. The zero-order chi connectivity index (χ0) is 11.3. The van der Waals surface area contributed by atoms with E-state index in [9.17, 15) is 4.79 Å². The second-order valence-corrected chi connectivity index (χ2v) is 2.98. The van der Waals surface area contributed by atoms with Crippen molar-refractivity contribution < 1.29 is 9.53 Å². The number of hydrogen-bond donors (Lipinski definition) is 1. The average Bonchev–Trinajstić information content (AvgIpc) is 2.23.